The molecule has 9 heteroatoms. The van der Waals surface area contributed by atoms with Gasteiger partial charge in [0.1, 0.15) is 18.7 Å². The minimum Gasteiger partial charge on any atom is -0.480 e. The maximum atomic E-state index is 12.7. The Balaban J connectivity index is 2.02. The number of nitrogens with zero attached hydrogens (tertiary/aromatic N) is 1. The molecule has 0 unspecified atom stereocenters. The second kappa shape index (κ2) is 10.8. The summed E-state index contributed by atoms with van der Waals surface area (Å²) in [5.74, 6) is -1.66. The molecule has 2 atom stereocenters. The molecule has 156 valence electrons. The maximum Gasteiger partial charge on any atom is 0.408 e. The third-order valence-corrected chi connectivity index (χ3v) is 4.12. The smallest absolute Gasteiger partial charge is 0.408 e. The van der Waals surface area contributed by atoms with Crippen molar-refractivity contribution in [2.75, 3.05) is 0 Å². The lowest BCUT2D eigenvalue weighted by molar-refractivity contribution is -0.142. The van der Waals surface area contributed by atoms with Gasteiger partial charge in [-0.3, -0.25) is 4.79 Å². The monoisotopic (exact) mass is 402 g/mol. The number of H-pyrrole nitrogens is 1. The fourth-order valence-corrected chi connectivity index (χ4v) is 2.70. The maximum absolute atomic E-state index is 12.7. The number of rotatable bonds is 10. The lowest BCUT2D eigenvalue weighted by Crippen LogP contribution is -2.52. The van der Waals surface area contributed by atoms with Crippen molar-refractivity contribution in [3.63, 3.8) is 0 Å². The number of hydrogen-bond donors (Lipinski definition) is 4. The molecule has 0 aliphatic heterocycles. The van der Waals surface area contributed by atoms with Gasteiger partial charge >= 0.3 is 12.1 Å². The van der Waals surface area contributed by atoms with Gasteiger partial charge in [0.05, 0.1) is 6.33 Å². The standard InChI is InChI=1S/C20H26N4O5/c1-13(2)8-17(19(26)27)23-18(25)16(9-15-10-21-12-22-15)24-20(28)29-11-14-6-4-3-5-7-14/h3-7,10,12-13,16-17H,8-9,11H2,1-2H3,(H,21,22)(H,23,25)(H,24,28)(H,26,27)/t16-,17-/m1/s1. The largest absolute Gasteiger partial charge is 0.480 e. The van der Waals surface area contributed by atoms with Crippen LogP contribution in [0, 0.1) is 5.92 Å². The Bertz CT molecular complexity index is 792. The van der Waals surface area contributed by atoms with Crippen molar-refractivity contribution in [2.45, 2.75) is 45.4 Å². The van der Waals surface area contributed by atoms with Gasteiger partial charge in [0.2, 0.25) is 5.91 Å². The SMILES string of the molecule is CC(C)C[C@@H](NC(=O)[C@@H](Cc1cnc[nH]1)NC(=O)OCc1ccccc1)C(=O)O. The Morgan fingerprint density at radius 3 is 2.45 bits per heavy atom. The molecule has 2 rings (SSSR count). The predicted octanol–water partition coefficient (Wildman–Crippen LogP) is 1.86. The van der Waals surface area contributed by atoms with E-state index in [1.807, 2.05) is 44.2 Å². The van der Waals surface area contributed by atoms with Crippen molar-refractivity contribution >= 4 is 18.0 Å². The predicted molar refractivity (Wildman–Crippen MR) is 105 cm³/mol. The Hall–Kier alpha value is -3.36. The number of amides is 2. The van der Waals surface area contributed by atoms with Gasteiger partial charge in [-0.15, -0.1) is 0 Å². The summed E-state index contributed by atoms with van der Waals surface area (Å²) < 4.78 is 5.17. The lowest BCUT2D eigenvalue weighted by Gasteiger charge is -2.22. The zero-order valence-corrected chi connectivity index (χ0v) is 16.4. The summed E-state index contributed by atoms with van der Waals surface area (Å²) in [6, 6.07) is 7.06. The van der Waals surface area contributed by atoms with Gasteiger partial charge < -0.3 is 25.5 Å². The van der Waals surface area contributed by atoms with Gasteiger partial charge in [0, 0.05) is 18.3 Å². The summed E-state index contributed by atoms with van der Waals surface area (Å²) in [6.45, 7) is 3.78. The molecule has 2 aromatic rings. The third kappa shape index (κ3) is 7.65. The number of aromatic nitrogens is 2. The number of hydrogen-bond acceptors (Lipinski definition) is 5. The number of carboxylic acid groups (broad SMARTS) is 1. The highest BCUT2D eigenvalue weighted by atomic mass is 16.5. The van der Waals surface area contributed by atoms with E-state index in [4.69, 9.17) is 4.74 Å². The molecule has 0 radical (unpaired) electrons. The Morgan fingerprint density at radius 1 is 1.14 bits per heavy atom. The van der Waals surface area contributed by atoms with Crippen LogP contribution in [0.4, 0.5) is 4.79 Å². The lowest BCUT2D eigenvalue weighted by atomic mass is 10.0. The molecule has 0 bridgehead atoms. The van der Waals surface area contributed by atoms with Gasteiger partial charge in [0.25, 0.3) is 0 Å². The second-order valence-electron chi connectivity index (χ2n) is 7.07. The number of carboxylic acids is 1. The van der Waals surface area contributed by atoms with E-state index in [0.29, 0.717) is 5.69 Å². The van der Waals surface area contributed by atoms with Crippen LogP contribution in [0.25, 0.3) is 0 Å². The molecule has 0 aliphatic carbocycles. The number of aliphatic carboxylic acids is 1. The highest BCUT2D eigenvalue weighted by Gasteiger charge is 2.28. The molecule has 9 nitrogen and oxygen atoms in total. The summed E-state index contributed by atoms with van der Waals surface area (Å²) in [4.78, 5) is 43.1. The molecule has 29 heavy (non-hydrogen) atoms. The van der Waals surface area contributed by atoms with E-state index in [0.717, 1.165) is 5.56 Å². The minimum absolute atomic E-state index is 0.0518. The van der Waals surface area contributed by atoms with Crippen molar-refractivity contribution in [3.05, 3.63) is 54.1 Å². The molecular formula is C20H26N4O5. The van der Waals surface area contributed by atoms with E-state index in [1.54, 1.807) is 0 Å². The quantitative estimate of drug-likeness (QED) is 0.479. The van der Waals surface area contributed by atoms with Crippen LogP contribution in [0.1, 0.15) is 31.5 Å². The van der Waals surface area contributed by atoms with Crippen LogP contribution >= 0.6 is 0 Å². The zero-order chi connectivity index (χ0) is 21.2. The van der Waals surface area contributed by atoms with Crippen LogP contribution in [0.3, 0.4) is 0 Å². The topological polar surface area (TPSA) is 133 Å². The molecule has 0 aliphatic rings. The molecule has 4 N–H and O–H groups in total. The number of carbonyl (C=O) groups is 3. The average Bonchev–Trinajstić information content (AvgIpc) is 3.19. The van der Waals surface area contributed by atoms with E-state index in [-0.39, 0.29) is 25.4 Å². The normalized spacial score (nSPS) is 12.8. The molecule has 1 aromatic heterocycles. The number of ether oxygens (including phenoxy) is 1. The van der Waals surface area contributed by atoms with E-state index in [2.05, 4.69) is 20.6 Å². The first kappa shape index (κ1) is 21.9. The Labute approximate surface area is 168 Å². The molecular weight excluding hydrogens is 376 g/mol. The molecule has 0 saturated carbocycles. The van der Waals surface area contributed by atoms with Gasteiger partial charge in [-0.1, -0.05) is 44.2 Å². The van der Waals surface area contributed by atoms with E-state index in [9.17, 15) is 19.5 Å². The number of imidazole rings is 1. The molecule has 1 aromatic carbocycles. The molecule has 2 amide bonds. The first-order valence-electron chi connectivity index (χ1n) is 9.32. The fourth-order valence-electron chi connectivity index (χ4n) is 2.70. The third-order valence-electron chi connectivity index (χ3n) is 4.12. The van der Waals surface area contributed by atoms with Crippen molar-refractivity contribution < 1.29 is 24.2 Å². The average molecular weight is 402 g/mol. The summed E-state index contributed by atoms with van der Waals surface area (Å²) in [5, 5.41) is 14.4. The van der Waals surface area contributed by atoms with Crippen LogP contribution in [0.2, 0.25) is 0 Å². The van der Waals surface area contributed by atoms with Crippen molar-refractivity contribution in [3.8, 4) is 0 Å². The first-order valence-corrected chi connectivity index (χ1v) is 9.32. The Kier molecular flexibility index (Phi) is 8.20. The highest BCUT2D eigenvalue weighted by molar-refractivity contribution is 5.89. The highest BCUT2D eigenvalue weighted by Crippen LogP contribution is 2.07. The summed E-state index contributed by atoms with van der Waals surface area (Å²) in [6.07, 6.45) is 2.59. The van der Waals surface area contributed by atoms with Crippen LogP contribution in [-0.4, -0.2) is 45.1 Å². The van der Waals surface area contributed by atoms with Gasteiger partial charge in [-0.25, -0.2) is 14.6 Å². The first-order chi connectivity index (χ1) is 13.8. The van der Waals surface area contributed by atoms with Crippen molar-refractivity contribution in [1.29, 1.82) is 0 Å². The zero-order valence-electron chi connectivity index (χ0n) is 16.4. The summed E-state index contributed by atoms with van der Waals surface area (Å²) in [7, 11) is 0. The number of alkyl carbamates (subject to hydrolysis) is 1. The van der Waals surface area contributed by atoms with Gasteiger partial charge in [0.15, 0.2) is 0 Å². The van der Waals surface area contributed by atoms with Crippen molar-refractivity contribution in [1.82, 2.24) is 20.6 Å². The van der Waals surface area contributed by atoms with E-state index in [1.165, 1.54) is 12.5 Å². The summed E-state index contributed by atoms with van der Waals surface area (Å²) >= 11 is 0. The Morgan fingerprint density at radius 2 is 1.86 bits per heavy atom. The number of nitrogens with one attached hydrogen (secondary N) is 3. The summed E-state index contributed by atoms with van der Waals surface area (Å²) in [5.41, 5.74) is 1.42. The van der Waals surface area contributed by atoms with Gasteiger partial charge in [-0.05, 0) is 17.9 Å². The van der Waals surface area contributed by atoms with E-state index >= 15 is 0 Å². The van der Waals surface area contributed by atoms with Crippen LogP contribution < -0.4 is 10.6 Å². The molecule has 0 spiro atoms. The van der Waals surface area contributed by atoms with Crippen LogP contribution in [0.15, 0.2) is 42.9 Å². The number of aromatic amines is 1. The van der Waals surface area contributed by atoms with Gasteiger partial charge in [-0.2, -0.15) is 0 Å². The van der Waals surface area contributed by atoms with E-state index < -0.39 is 30.1 Å². The molecule has 1 heterocycles. The number of benzene rings is 1. The molecule has 0 fully saturated rings. The fraction of sp³-hybridized carbons (Fsp3) is 0.400. The number of carbonyl (C=O) groups excluding carboxylic acids is 2. The van der Waals surface area contributed by atoms with Crippen LogP contribution in [-0.2, 0) is 27.4 Å². The molecule has 0 saturated heterocycles. The second-order valence-corrected chi connectivity index (χ2v) is 7.07. The minimum atomic E-state index is -1.13. The van der Waals surface area contributed by atoms with Crippen LogP contribution in [0.5, 0.6) is 0 Å². The van der Waals surface area contributed by atoms with Crippen molar-refractivity contribution in [2.24, 2.45) is 5.92 Å².